The van der Waals surface area contributed by atoms with E-state index in [0.717, 1.165) is 20.3 Å². The highest BCUT2D eigenvalue weighted by atomic mass is 32.2. The van der Waals surface area contributed by atoms with Gasteiger partial charge in [0.15, 0.2) is 4.34 Å². The van der Waals surface area contributed by atoms with E-state index in [0.29, 0.717) is 0 Å². The highest BCUT2D eigenvalue weighted by Crippen LogP contribution is 2.31. The van der Waals surface area contributed by atoms with Gasteiger partial charge in [-0.15, -0.1) is 11.3 Å². The standard InChI is InChI=1S/C14H20N2O2S3/c1-2-3-4-5-6-9-19-14-16-12-8-7-11(21(15,17)18)10-13(12)20-14/h7-8,10H,2-6,9H2,1H3,(H2,15,17,18). The molecule has 1 heterocycles. The van der Waals surface area contributed by atoms with Crippen LogP contribution in [0.1, 0.15) is 39.0 Å². The zero-order valence-corrected chi connectivity index (χ0v) is 14.5. The maximum atomic E-state index is 11.3. The molecule has 1 aromatic carbocycles. The van der Waals surface area contributed by atoms with E-state index in [9.17, 15) is 8.42 Å². The number of unbranched alkanes of at least 4 members (excludes halogenated alkanes) is 4. The molecule has 2 rings (SSSR count). The van der Waals surface area contributed by atoms with Gasteiger partial charge in [0.2, 0.25) is 10.0 Å². The van der Waals surface area contributed by atoms with Crippen LogP contribution in [0.2, 0.25) is 0 Å². The summed E-state index contributed by atoms with van der Waals surface area (Å²) in [6, 6.07) is 4.83. The average Bonchev–Trinajstić information content (AvgIpc) is 2.83. The number of benzene rings is 1. The molecule has 2 N–H and O–H groups in total. The number of rotatable bonds is 8. The number of thiazole rings is 1. The van der Waals surface area contributed by atoms with Crippen molar-refractivity contribution in [1.82, 2.24) is 4.98 Å². The monoisotopic (exact) mass is 344 g/mol. The molecule has 0 aliphatic carbocycles. The molecule has 0 aliphatic rings. The first-order valence-electron chi connectivity index (χ1n) is 7.07. The first-order valence-corrected chi connectivity index (χ1v) is 10.4. The number of sulfonamides is 1. The molecular formula is C14H20N2O2S3. The van der Waals surface area contributed by atoms with Crippen molar-refractivity contribution >= 4 is 43.3 Å². The zero-order chi connectivity index (χ0) is 15.3. The van der Waals surface area contributed by atoms with E-state index in [1.165, 1.54) is 49.5 Å². The smallest absolute Gasteiger partial charge is 0.230 e. The maximum Gasteiger partial charge on any atom is 0.238 e. The summed E-state index contributed by atoms with van der Waals surface area (Å²) in [7, 11) is -3.64. The molecule has 0 saturated carbocycles. The number of fused-ring (bicyclic) bond motifs is 1. The summed E-state index contributed by atoms with van der Waals surface area (Å²) in [5.74, 6) is 1.06. The zero-order valence-electron chi connectivity index (χ0n) is 12.0. The highest BCUT2D eigenvalue weighted by molar-refractivity contribution is 8.01. The van der Waals surface area contributed by atoms with Crippen molar-refractivity contribution in [3.63, 3.8) is 0 Å². The van der Waals surface area contributed by atoms with E-state index >= 15 is 0 Å². The Morgan fingerprint density at radius 1 is 1.24 bits per heavy atom. The first kappa shape index (κ1) is 16.7. The number of nitrogens with zero attached hydrogens (tertiary/aromatic N) is 1. The minimum atomic E-state index is -3.64. The van der Waals surface area contributed by atoms with Gasteiger partial charge in [-0.05, 0) is 24.6 Å². The summed E-state index contributed by atoms with van der Waals surface area (Å²) in [6.07, 6.45) is 6.33. The molecule has 0 amide bonds. The van der Waals surface area contributed by atoms with Crippen molar-refractivity contribution < 1.29 is 8.42 Å². The van der Waals surface area contributed by atoms with Crippen LogP contribution in [0, 0.1) is 0 Å². The Balaban J connectivity index is 1.96. The molecule has 2 aromatic rings. The Bertz CT molecular complexity index is 695. The van der Waals surface area contributed by atoms with E-state index in [4.69, 9.17) is 5.14 Å². The van der Waals surface area contributed by atoms with E-state index in [1.54, 1.807) is 23.9 Å². The normalized spacial score (nSPS) is 12.1. The number of aromatic nitrogens is 1. The van der Waals surface area contributed by atoms with Gasteiger partial charge in [-0.3, -0.25) is 0 Å². The SMILES string of the molecule is CCCCCCCSc1nc2ccc(S(N)(=O)=O)cc2s1. The van der Waals surface area contributed by atoms with E-state index in [1.807, 2.05) is 0 Å². The highest BCUT2D eigenvalue weighted by Gasteiger charge is 2.11. The Morgan fingerprint density at radius 3 is 2.71 bits per heavy atom. The van der Waals surface area contributed by atoms with Crippen LogP contribution < -0.4 is 5.14 Å². The second kappa shape index (κ2) is 7.58. The van der Waals surface area contributed by atoms with Crippen molar-refractivity contribution in [2.45, 2.75) is 48.3 Å². The van der Waals surface area contributed by atoms with Crippen LogP contribution in [0.4, 0.5) is 0 Å². The van der Waals surface area contributed by atoms with Gasteiger partial charge in [0, 0.05) is 5.75 Å². The van der Waals surface area contributed by atoms with Crippen LogP contribution in [-0.2, 0) is 10.0 Å². The van der Waals surface area contributed by atoms with E-state index in [2.05, 4.69) is 11.9 Å². The van der Waals surface area contributed by atoms with Crippen LogP contribution in [0.15, 0.2) is 27.4 Å². The van der Waals surface area contributed by atoms with Gasteiger partial charge in [0.25, 0.3) is 0 Å². The molecule has 0 fully saturated rings. The number of nitrogens with two attached hydrogens (primary N) is 1. The fraction of sp³-hybridized carbons (Fsp3) is 0.500. The molecule has 0 aliphatic heterocycles. The van der Waals surface area contributed by atoms with Gasteiger partial charge in [-0.25, -0.2) is 18.5 Å². The Hall–Kier alpha value is -0.630. The minimum absolute atomic E-state index is 0.148. The third-order valence-electron chi connectivity index (χ3n) is 3.14. The van der Waals surface area contributed by atoms with E-state index < -0.39 is 10.0 Å². The molecule has 0 unspecified atom stereocenters. The molecule has 0 bridgehead atoms. The van der Waals surface area contributed by atoms with Gasteiger partial charge >= 0.3 is 0 Å². The fourth-order valence-electron chi connectivity index (χ4n) is 1.99. The molecule has 116 valence electrons. The summed E-state index contributed by atoms with van der Waals surface area (Å²) in [6.45, 7) is 2.21. The van der Waals surface area contributed by atoms with Crippen LogP contribution in [0.3, 0.4) is 0 Å². The second-order valence-electron chi connectivity index (χ2n) is 4.92. The molecule has 4 nitrogen and oxygen atoms in total. The van der Waals surface area contributed by atoms with Crippen molar-refractivity contribution in [2.75, 3.05) is 5.75 Å². The Kier molecular flexibility index (Phi) is 6.04. The first-order chi connectivity index (χ1) is 10.0. The van der Waals surface area contributed by atoms with Crippen LogP contribution in [-0.4, -0.2) is 19.2 Å². The summed E-state index contributed by atoms with van der Waals surface area (Å²) >= 11 is 3.27. The Labute approximate surface area is 134 Å². The van der Waals surface area contributed by atoms with Crippen LogP contribution >= 0.6 is 23.1 Å². The summed E-state index contributed by atoms with van der Waals surface area (Å²) in [4.78, 5) is 4.66. The summed E-state index contributed by atoms with van der Waals surface area (Å²) in [5, 5.41) is 5.14. The number of primary sulfonamides is 1. The topological polar surface area (TPSA) is 73.0 Å². The summed E-state index contributed by atoms with van der Waals surface area (Å²) in [5.41, 5.74) is 0.834. The van der Waals surface area contributed by atoms with E-state index in [-0.39, 0.29) is 4.90 Å². The molecule has 7 heteroatoms. The molecule has 1 aromatic heterocycles. The molecule has 0 radical (unpaired) electrons. The van der Waals surface area contributed by atoms with Gasteiger partial charge in [-0.1, -0.05) is 44.4 Å². The molecule has 0 spiro atoms. The number of hydrogen-bond acceptors (Lipinski definition) is 5. The lowest BCUT2D eigenvalue weighted by Crippen LogP contribution is -2.11. The predicted molar refractivity (Wildman–Crippen MR) is 90.5 cm³/mol. The number of thioether (sulfide) groups is 1. The van der Waals surface area contributed by atoms with Crippen LogP contribution in [0.25, 0.3) is 10.2 Å². The van der Waals surface area contributed by atoms with Crippen molar-refractivity contribution in [3.05, 3.63) is 18.2 Å². The lowest BCUT2D eigenvalue weighted by molar-refractivity contribution is 0.598. The van der Waals surface area contributed by atoms with Gasteiger partial charge in [-0.2, -0.15) is 0 Å². The predicted octanol–water partition coefficient (Wildman–Crippen LogP) is 4.01. The summed E-state index contributed by atoms with van der Waals surface area (Å²) < 4.78 is 24.5. The maximum absolute atomic E-state index is 11.3. The van der Waals surface area contributed by atoms with Crippen molar-refractivity contribution in [2.24, 2.45) is 5.14 Å². The fourth-order valence-corrected chi connectivity index (χ4v) is 4.78. The van der Waals surface area contributed by atoms with Gasteiger partial charge < -0.3 is 0 Å². The largest absolute Gasteiger partial charge is 0.238 e. The quantitative estimate of drug-likeness (QED) is 0.580. The third-order valence-corrected chi connectivity index (χ3v) is 6.30. The lowest BCUT2D eigenvalue weighted by atomic mass is 10.2. The minimum Gasteiger partial charge on any atom is -0.230 e. The van der Waals surface area contributed by atoms with Gasteiger partial charge in [0.1, 0.15) is 0 Å². The molecule has 21 heavy (non-hydrogen) atoms. The molecule has 0 saturated heterocycles. The second-order valence-corrected chi connectivity index (χ2v) is 8.85. The third kappa shape index (κ3) is 4.95. The molecule has 0 atom stereocenters. The van der Waals surface area contributed by atoms with Crippen LogP contribution in [0.5, 0.6) is 0 Å². The van der Waals surface area contributed by atoms with Crippen molar-refractivity contribution in [1.29, 1.82) is 0 Å². The Morgan fingerprint density at radius 2 is 2.00 bits per heavy atom. The average molecular weight is 345 g/mol. The number of hydrogen-bond donors (Lipinski definition) is 1. The lowest BCUT2D eigenvalue weighted by Gasteiger charge is -1.98. The molecular weight excluding hydrogens is 324 g/mol. The van der Waals surface area contributed by atoms with Crippen molar-refractivity contribution in [3.8, 4) is 0 Å². The van der Waals surface area contributed by atoms with Gasteiger partial charge in [0.05, 0.1) is 15.1 Å².